The van der Waals surface area contributed by atoms with Gasteiger partial charge in [0.15, 0.2) is 0 Å². The van der Waals surface area contributed by atoms with E-state index in [0.29, 0.717) is 25.8 Å². The van der Waals surface area contributed by atoms with Gasteiger partial charge in [-0.05, 0) is 47.9 Å². The predicted molar refractivity (Wildman–Crippen MR) is 124 cm³/mol. The summed E-state index contributed by atoms with van der Waals surface area (Å²) >= 11 is 0. The number of hydrogen-bond acceptors (Lipinski definition) is 4. The molecule has 0 radical (unpaired) electrons. The fourth-order valence-electron chi connectivity index (χ4n) is 4.98. The highest BCUT2D eigenvalue weighted by Gasteiger charge is 2.36. The van der Waals surface area contributed by atoms with Gasteiger partial charge in [-0.15, -0.1) is 0 Å². The first-order valence-corrected chi connectivity index (χ1v) is 11.7. The molecule has 2 atom stereocenters. The largest absolute Gasteiger partial charge is 0.480 e. The molecule has 0 unspecified atom stereocenters. The number of rotatable bonds is 7. The fourth-order valence-corrected chi connectivity index (χ4v) is 4.98. The minimum Gasteiger partial charge on any atom is -0.480 e. The van der Waals surface area contributed by atoms with Crippen LogP contribution in [0.2, 0.25) is 0 Å². The van der Waals surface area contributed by atoms with E-state index in [1.807, 2.05) is 43.3 Å². The van der Waals surface area contributed by atoms with Gasteiger partial charge in [-0.1, -0.05) is 61.9 Å². The van der Waals surface area contributed by atoms with E-state index >= 15 is 0 Å². The highest BCUT2D eigenvalue weighted by atomic mass is 16.5. The molecule has 1 heterocycles. The van der Waals surface area contributed by atoms with E-state index in [2.05, 4.69) is 17.4 Å². The van der Waals surface area contributed by atoms with E-state index < -0.39 is 24.1 Å². The van der Waals surface area contributed by atoms with Gasteiger partial charge in [-0.3, -0.25) is 4.79 Å². The summed E-state index contributed by atoms with van der Waals surface area (Å²) in [5, 5.41) is 12.2. The number of nitrogens with zero attached hydrogens (tertiary/aromatic N) is 1. The lowest BCUT2D eigenvalue weighted by atomic mass is 9.98. The molecule has 1 saturated heterocycles. The van der Waals surface area contributed by atoms with Crippen LogP contribution in [0.4, 0.5) is 4.79 Å². The molecule has 2 aromatic carbocycles. The highest BCUT2D eigenvalue weighted by Crippen LogP contribution is 2.44. The first kappa shape index (κ1) is 22.8. The molecule has 7 heteroatoms. The second-order valence-corrected chi connectivity index (χ2v) is 8.69. The molecular weight excluding hydrogens is 420 g/mol. The Kier molecular flexibility index (Phi) is 6.96. The standard InChI is InChI=1S/C26H30N2O5/c1-2-9-22(24(29)28-15-8-7-14-23(28)25(30)31)27-26(32)33-16-21-19-12-5-3-10-17(19)18-11-4-6-13-20(18)21/h3-6,10-13,21-23H,2,7-9,14-16H2,1H3,(H,27,32)(H,30,31)/t22-,23-/m1/s1. The third kappa shape index (κ3) is 4.72. The van der Waals surface area contributed by atoms with Crippen molar-refractivity contribution < 1.29 is 24.2 Å². The molecule has 1 aliphatic carbocycles. The highest BCUT2D eigenvalue weighted by molar-refractivity contribution is 5.89. The van der Waals surface area contributed by atoms with Gasteiger partial charge in [0.25, 0.3) is 0 Å². The van der Waals surface area contributed by atoms with Crippen LogP contribution in [-0.2, 0) is 14.3 Å². The summed E-state index contributed by atoms with van der Waals surface area (Å²) in [6, 6.07) is 14.6. The van der Waals surface area contributed by atoms with Crippen LogP contribution in [0.1, 0.15) is 56.1 Å². The molecule has 0 saturated carbocycles. The number of carbonyl (C=O) groups excluding carboxylic acids is 2. The molecule has 2 amide bonds. The summed E-state index contributed by atoms with van der Waals surface area (Å²) in [6.45, 7) is 2.47. The maximum atomic E-state index is 13.1. The van der Waals surface area contributed by atoms with Gasteiger partial charge in [-0.25, -0.2) is 9.59 Å². The number of likely N-dealkylation sites (tertiary alicyclic amines) is 1. The van der Waals surface area contributed by atoms with E-state index in [1.54, 1.807) is 0 Å². The average Bonchev–Trinajstić information content (AvgIpc) is 3.15. The lowest BCUT2D eigenvalue weighted by molar-refractivity contribution is -0.153. The molecule has 7 nitrogen and oxygen atoms in total. The summed E-state index contributed by atoms with van der Waals surface area (Å²) in [5.74, 6) is -1.42. The van der Waals surface area contributed by atoms with Crippen LogP contribution in [0.5, 0.6) is 0 Å². The average molecular weight is 451 g/mol. The van der Waals surface area contributed by atoms with Crippen molar-refractivity contribution >= 4 is 18.0 Å². The number of nitrogens with one attached hydrogen (secondary N) is 1. The van der Waals surface area contributed by atoms with Gasteiger partial charge in [0, 0.05) is 12.5 Å². The quantitative estimate of drug-likeness (QED) is 0.660. The molecule has 2 aliphatic rings. The van der Waals surface area contributed by atoms with E-state index in [9.17, 15) is 19.5 Å². The predicted octanol–water partition coefficient (Wildman–Crippen LogP) is 4.16. The third-order valence-electron chi connectivity index (χ3n) is 6.58. The number of carboxylic acids is 1. The molecule has 1 fully saturated rings. The van der Waals surface area contributed by atoms with Gasteiger partial charge in [-0.2, -0.15) is 0 Å². The minimum atomic E-state index is -1.00. The molecule has 2 aromatic rings. The first-order valence-electron chi connectivity index (χ1n) is 11.7. The number of piperidine rings is 1. The molecular formula is C26H30N2O5. The van der Waals surface area contributed by atoms with Crippen molar-refractivity contribution in [2.45, 2.75) is 57.0 Å². The van der Waals surface area contributed by atoms with Gasteiger partial charge in [0.05, 0.1) is 0 Å². The van der Waals surface area contributed by atoms with E-state index in [4.69, 9.17) is 4.74 Å². The minimum absolute atomic E-state index is 0.0676. The van der Waals surface area contributed by atoms with E-state index in [1.165, 1.54) is 4.90 Å². The number of hydrogen-bond donors (Lipinski definition) is 2. The summed E-state index contributed by atoms with van der Waals surface area (Å²) in [6.07, 6.45) is 2.41. The number of aliphatic carboxylic acids is 1. The Balaban J connectivity index is 1.43. The Morgan fingerprint density at radius 3 is 2.30 bits per heavy atom. The summed E-state index contributed by atoms with van der Waals surface area (Å²) in [5.41, 5.74) is 4.52. The Bertz CT molecular complexity index is 991. The van der Waals surface area contributed by atoms with Crippen molar-refractivity contribution in [2.75, 3.05) is 13.2 Å². The zero-order valence-electron chi connectivity index (χ0n) is 18.8. The number of benzene rings is 2. The van der Waals surface area contributed by atoms with Crippen molar-refractivity contribution in [3.8, 4) is 11.1 Å². The topological polar surface area (TPSA) is 95.9 Å². The Hall–Kier alpha value is -3.35. The van der Waals surface area contributed by atoms with Crippen LogP contribution in [0.25, 0.3) is 11.1 Å². The fraction of sp³-hybridized carbons (Fsp3) is 0.423. The first-order chi connectivity index (χ1) is 16.0. The van der Waals surface area contributed by atoms with Gasteiger partial charge < -0.3 is 20.1 Å². The second-order valence-electron chi connectivity index (χ2n) is 8.69. The monoisotopic (exact) mass is 450 g/mol. The summed E-state index contributed by atoms with van der Waals surface area (Å²) in [7, 11) is 0. The molecule has 0 spiro atoms. The SMILES string of the molecule is CCC[C@@H](NC(=O)OCC1c2ccccc2-c2ccccc21)C(=O)N1CCCC[C@@H]1C(=O)O. The number of amides is 2. The van der Waals surface area contributed by atoms with Crippen molar-refractivity contribution in [1.29, 1.82) is 0 Å². The van der Waals surface area contributed by atoms with Gasteiger partial charge in [0.1, 0.15) is 18.7 Å². The molecule has 174 valence electrons. The smallest absolute Gasteiger partial charge is 0.407 e. The van der Waals surface area contributed by atoms with Crippen molar-refractivity contribution in [3.05, 3.63) is 59.7 Å². The zero-order valence-corrected chi connectivity index (χ0v) is 18.8. The van der Waals surface area contributed by atoms with Crippen LogP contribution in [0.15, 0.2) is 48.5 Å². The summed E-state index contributed by atoms with van der Waals surface area (Å²) in [4.78, 5) is 38.8. The van der Waals surface area contributed by atoms with Crippen LogP contribution >= 0.6 is 0 Å². The van der Waals surface area contributed by atoms with E-state index in [-0.39, 0.29) is 18.4 Å². The van der Waals surface area contributed by atoms with Crippen molar-refractivity contribution in [1.82, 2.24) is 10.2 Å². The number of carboxylic acid groups (broad SMARTS) is 1. The van der Waals surface area contributed by atoms with Gasteiger partial charge >= 0.3 is 12.1 Å². The van der Waals surface area contributed by atoms with Crippen LogP contribution in [0.3, 0.4) is 0 Å². The Labute approximate surface area is 193 Å². The number of carbonyl (C=O) groups is 3. The third-order valence-corrected chi connectivity index (χ3v) is 6.58. The van der Waals surface area contributed by atoms with E-state index in [0.717, 1.165) is 35.1 Å². The van der Waals surface area contributed by atoms with Gasteiger partial charge in [0.2, 0.25) is 5.91 Å². The van der Waals surface area contributed by atoms with Crippen LogP contribution in [-0.4, -0.2) is 53.2 Å². The number of fused-ring (bicyclic) bond motifs is 3. The molecule has 2 N–H and O–H groups in total. The lowest BCUT2D eigenvalue weighted by Crippen LogP contribution is -2.55. The molecule has 0 aromatic heterocycles. The molecule has 1 aliphatic heterocycles. The number of ether oxygens (including phenoxy) is 1. The second kappa shape index (κ2) is 10.1. The van der Waals surface area contributed by atoms with Crippen molar-refractivity contribution in [3.63, 3.8) is 0 Å². The molecule has 0 bridgehead atoms. The zero-order chi connectivity index (χ0) is 23.4. The maximum absolute atomic E-state index is 13.1. The van der Waals surface area contributed by atoms with Crippen molar-refractivity contribution in [2.24, 2.45) is 0 Å². The normalized spacial score (nSPS) is 18.2. The Morgan fingerprint density at radius 2 is 1.70 bits per heavy atom. The summed E-state index contributed by atoms with van der Waals surface area (Å²) < 4.78 is 5.59. The molecule has 4 rings (SSSR count). The van der Waals surface area contributed by atoms with Crippen LogP contribution in [0, 0.1) is 0 Å². The lowest BCUT2D eigenvalue weighted by Gasteiger charge is -2.35. The number of alkyl carbamates (subject to hydrolysis) is 1. The Morgan fingerprint density at radius 1 is 1.06 bits per heavy atom. The molecule has 33 heavy (non-hydrogen) atoms. The maximum Gasteiger partial charge on any atom is 0.407 e. The van der Waals surface area contributed by atoms with Crippen LogP contribution < -0.4 is 5.32 Å².